The fourth-order valence-corrected chi connectivity index (χ4v) is 3.44. The molecule has 0 radical (unpaired) electrons. The number of nitrogens with zero attached hydrogens (tertiary/aromatic N) is 5. The van der Waals surface area contributed by atoms with Gasteiger partial charge in [-0.25, -0.2) is 9.37 Å². The maximum atomic E-state index is 13.2. The largest absolute Gasteiger partial charge is 0.335 e. The summed E-state index contributed by atoms with van der Waals surface area (Å²) in [5, 5.41) is 0. The lowest BCUT2D eigenvalue weighted by molar-refractivity contribution is 0.0590. The summed E-state index contributed by atoms with van der Waals surface area (Å²) in [6.07, 6.45) is 5.16. The average molecular weight is 367 g/mol. The van der Waals surface area contributed by atoms with Crippen LogP contribution in [0.2, 0.25) is 0 Å². The number of piperazine rings is 1. The average Bonchev–Trinajstić information content (AvgIpc) is 3.12. The monoisotopic (exact) mass is 367 g/mol. The molecule has 1 aliphatic rings. The minimum Gasteiger partial charge on any atom is -0.335 e. The first kappa shape index (κ1) is 17.6. The van der Waals surface area contributed by atoms with Crippen LogP contribution >= 0.6 is 0 Å². The van der Waals surface area contributed by atoms with Gasteiger partial charge in [-0.05, 0) is 38.1 Å². The molecule has 1 fully saturated rings. The molecule has 27 heavy (non-hydrogen) atoms. The number of fused-ring (bicyclic) bond motifs is 1. The van der Waals surface area contributed by atoms with Gasteiger partial charge in [-0.3, -0.25) is 14.7 Å². The smallest absolute Gasteiger partial charge is 0.274 e. The zero-order chi connectivity index (χ0) is 19.0. The van der Waals surface area contributed by atoms with Gasteiger partial charge in [-0.2, -0.15) is 0 Å². The number of carbonyl (C=O) groups excluding carboxylic acids is 1. The van der Waals surface area contributed by atoms with Crippen LogP contribution in [-0.2, 0) is 0 Å². The summed E-state index contributed by atoms with van der Waals surface area (Å²) in [6, 6.07) is 6.60. The molecule has 6 nitrogen and oxygen atoms in total. The number of carbonyl (C=O) groups is 1. The first-order chi connectivity index (χ1) is 13.0. The molecule has 2 aromatic heterocycles. The van der Waals surface area contributed by atoms with Gasteiger partial charge >= 0.3 is 0 Å². The van der Waals surface area contributed by atoms with Crippen molar-refractivity contribution in [3.63, 3.8) is 0 Å². The highest BCUT2D eigenvalue weighted by Gasteiger charge is 2.25. The van der Waals surface area contributed by atoms with E-state index in [1.807, 2.05) is 4.90 Å². The van der Waals surface area contributed by atoms with Crippen molar-refractivity contribution in [3.8, 4) is 11.3 Å². The molecule has 1 amide bonds. The van der Waals surface area contributed by atoms with E-state index in [0.29, 0.717) is 36.2 Å². The van der Waals surface area contributed by atoms with Gasteiger partial charge in [0, 0.05) is 56.4 Å². The lowest BCUT2D eigenvalue weighted by Crippen LogP contribution is -2.50. The Morgan fingerprint density at radius 1 is 1.11 bits per heavy atom. The second kappa shape index (κ2) is 7.08. The molecular weight excluding hydrogens is 345 g/mol. The van der Waals surface area contributed by atoms with Crippen LogP contribution in [0.4, 0.5) is 4.39 Å². The molecule has 0 saturated carbocycles. The summed E-state index contributed by atoms with van der Waals surface area (Å²) in [7, 11) is 0. The van der Waals surface area contributed by atoms with Crippen molar-refractivity contribution in [1.29, 1.82) is 0 Å². The van der Waals surface area contributed by atoms with Gasteiger partial charge in [0.2, 0.25) is 0 Å². The van der Waals surface area contributed by atoms with E-state index in [2.05, 4.69) is 28.7 Å². The minimum atomic E-state index is -0.301. The highest BCUT2D eigenvalue weighted by Crippen LogP contribution is 2.22. The van der Waals surface area contributed by atoms with E-state index in [4.69, 9.17) is 0 Å². The van der Waals surface area contributed by atoms with Crippen LogP contribution in [0.1, 0.15) is 24.3 Å². The zero-order valence-electron chi connectivity index (χ0n) is 15.5. The molecule has 4 rings (SSSR count). The van der Waals surface area contributed by atoms with Crippen LogP contribution in [0.15, 0.2) is 42.9 Å². The Morgan fingerprint density at radius 2 is 1.81 bits per heavy atom. The Balaban J connectivity index is 1.61. The third-order valence-electron chi connectivity index (χ3n) is 5.04. The fraction of sp³-hybridized carbons (Fsp3) is 0.350. The van der Waals surface area contributed by atoms with E-state index < -0.39 is 0 Å². The summed E-state index contributed by atoms with van der Waals surface area (Å²) < 4.78 is 15.0. The quantitative estimate of drug-likeness (QED) is 0.714. The molecule has 1 aromatic carbocycles. The molecule has 0 aliphatic carbocycles. The molecule has 0 spiro atoms. The second-order valence-corrected chi connectivity index (χ2v) is 7.06. The molecule has 0 N–H and O–H groups in total. The first-order valence-corrected chi connectivity index (χ1v) is 9.16. The van der Waals surface area contributed by atoms with Gasteiger partial charge in [-0.15, -0.1) is 0 Å². The number of aromatic nitrogens is 3. The lowest BCUT2D eigenvalue weighted by Gasteiger charge is -2.36. The number of rotatable bonds is 3. The fourth-order valence-electron chi connectivity index (χ4n) is 3.44. The van der Waals surface area contributed by atoms with Crippen LogP contribution in [-0.4, -0.2) is 62.3 Å². The summed E-state index contributed by atoms with van der Waals surface area (Å²) in [6.45, 7) is 7.49. The molecule has 1 saturated heterocycles. The van der Waals surface area contributed by atoms with Crippen molar-refractivity contribution in [3.05, 3.63) is 54.4 Å². The molecular formula is C20H22FN5O. The Kier molecular flexibility index (Phi) is 4.61. The maximum Gasteiger partial charge on any atom is 0.274 e. The van der Waals surface area contributed by atoms with Gasteiger partial charge in [0.15, 0.2) is 5.65 Å². The predicted molar refractivity (Wildman–Crippen MR) is 101 cm³/mol. The van der Waals surface area contributed by atoms with Crippen molar-refractivity contribution in [2.75, 3.05) is 26.2 Å². The van der Waals surface area contributed by atoms with Crippen LogP contribution in [0.25, 0.3) is 16.9 Å². The van der Waals surface area contributed by atoms with E-state index in [0.717, 1.165) is 18.7 Å². The molecule has 3 aromatic rings. The minimum absolute atomic E-state index is 0.0628. The Labute approximate surface area is 157 Å². The number of imidazole rings is 1. The summed E-state index contributed by atoms with van der Waals surface area (Å²) in [5.74, 6) is -0.363. The van der Waals surface area contributed by atoms with E-state index in [1.165, 1.54) is 12.1 Å². The van der Waals surface area contributed by atoms with Crippen LogP contribution in [0.5, 0.6) is 0 Å². The number of hydrogen-bond donors (Lipinski definition) is 0. The maximum absolute atomic E-state index is 13.2. The SMILES string of the molecule is CC(C)N1CCN(C(=O)c2cn3ccnc(-c4ccc(F)cc4)c3n2)CC1. The number of hydrogen-bond acceptors (Lipinski definition) is 4. The third kappa shape index (κ3) is 3.42. The topological polar surface area (TPSA) is 53.7 Å². The van der Waals surface area contributed by atoms with E-state index in [1.54, 1.807) is 35.1 Å². The number of halogens is 1. The van der Waals surface area contributed by atoms with Crippen molar-refractivity contribution in [2.24, 2.45) is 0 Å². The zero-order valence-corrected chi connectivity index (χ0v) is 15.5. The molecule has 7 heteroatoms. The third-order valence-corrected chi connectivity index (χ3v) is 5.04. The standard InChI is InChI=1S/C20H22FN5O/c1-14(2)24-9-11-25(12-10-24)20(27)17-13-26-8-7-22-18(19(26)23-17)15-3-5-16(21)6-4-15/h3-8,13-14H,9-12H2,1-2H3. The van der Waals surface area contributed by atoms with Gasteiger partial charge in [0.1, 0.15) is 17.2 Å². The normalized spacial score (nSPS) is 15.6. The molecule has 1 aliphatic heterocycles. The van der Waals surface area contributed by atoms with Crippen molar-refractivity contribution >= 4 is 11.6 Å². The van der Waals surface area contributed by atoms with E-state index >= 15 is 0 Å². The van der Waals surface area contributed by atoms with Gasteiger partial charge in [-0.1, -0.05) is 0 Å². The highest BCUT2D eigenvalue weighted by molar-refractivity contribution is 5.93. The Hall–Kier alpha value is -2.80. The highest BCUT2D eigenvalue weighted by atomic mass is 19.1. The van der Waals surface area contributed by atoms with E-state index in [9.17, 15) is 9.18 Å². The van der Waals surface area contributed by atoms with Crippen LogP contribution in [0.3, 0.4) is 0 Å². The molecule has 140 valence electrons. The Bertz CT molecular complexity index is 958. The Morgan fingerprint density at radius 3 is 2.48 bits per heavy atom. The van der Waals surface area contributed by atoms with E-state index in [-0.39, 0.29) is 11.7 Å². The van der Waals surface area contributed by atoms with Gasteiger partial charge in [0.05, 0.1) is 0 Å². The number of amides is 1. The second-order valence-electron chi connectivity index (χ2n) is 7.06. The van der Waals surface area contributed by atoms with Gasteiger partial charge < -0.3 is 9.30 Å². The summed E-state index contributed by atoms with van der Waals surface area (Å²) in [4.78, 5) is 26.0. The van der Waals surface area contributed by atoms with Gasteiger partial charge in [0.25, 0.3) is 5.91 Å². The predicted octanol–water partition coefficient (Wildman–Crippen LogP) is 2.70. The summed E-state index contributed by atoms with van der Waals surface area (Å²) >= 11 is 0. The molecule has 0 atom stereocenters. The van der Waals surface area contributed by atoms with Crippen LogP contribution in [0, 0.1) is 5.82 Å². The number of benzene rings is 1. The summed E-state index contributed by atoms with van der Waals surface area (Å²) in [5.41, 5.74) is 2.39. The molecule has 3 heterocycles. The van der Waals surface area contributed by atoms with Crippen molar-refractivity contribution in [1.82, 2.24) is 24.2 Å². The van der Waals surface area contributed by atoms with Crippen LogP contribution < -0.4 is 0 Å². The van der Waals surface area contributed by atoms with Crippen molar-refractivity contribution < 1.29 is 9.18 Å². The molecule has 0 bridgehead atoms. The molecule has 0 unspecified atom stereocenters. The lowest BCUT2D eigenvalue weighted by atomic mass is 10.1. The van der Waals surface area contributed by atoms with Crippen molar-refractivity contribution in [2.45, 2.75) is 19.9 Å². The first-order valence-electron chi connectivity index (χ1n) is 9.16.